The number of nitrogens with zero attached hydrogens (tertiary/aromatic N) is 2. The molecule has 0 bridgehead atoms. The molecule has 0 atom stereocenters. The second-order valence-electron chi connectivity index (χ2n) is 3.91. The molecule has 0 radical (unpaired) electrons. The van der Waals surface area contributed by atoms with Crippen molar-refractivity contribution < 1.29 is 0 Å². The second kappa shape index (κ2) is 4.17. The topological polar surface area (TPSA) is 52.5 Å². The summed E-state index contributed by atoms with van der Waals surface area (Å²) in [5.41, 5.74) is 3.01. The van der Waals surface area contributed by atoms with Gasteiger partial charge in [-0.25, -0.2) is 4.98 Å². The zero-order valence-corrected chi connectivity index (χ0v) is 10.1. The van der Waals surface area contributed by atoms with Crippen molar-refractivity contribution in [3.8, 4) is 17.5 Å². The van der Waals surface area contributed by atoms with Gasteiger partial charge >= 0.3 is 0 Å². The molecule has 0 aliphatic carbocycles. The first kappa shape index (κ1) is 10.8. The maximum atomic E-state index is 9.03. The van der Waals surface area contributed by atoms with Crippen molar-refractivity contribution in [1.82, 2.24) is 9.97 Å². The van der Waals surface area contributed by atoms with E-state index in [4.69, 9.17) is 16.9 Å². The van der Waals surface area contributed by atoms with Gasteiger partial charge in [0, 0.05) is 10.6 Å². The van der Waals surface area contributed by atoms with Gasteiger partial charge in [-0.05, 0) is 24.3 Å². The first-order valence-electron chi connectivity index (χ1n) is 5.43. The van der Waals surface area contributed by atoms with Gasteiger partial charge in [-0.1, -0.05) is 29.8 Å². The van der Waals surface area contributed by atoms with Crippen molar-refractivity contribution >= 4 is 22.6 Å². The fraction of sp³-hybridized carbons (Fsp3) is 0. The monoisotopic (exact) mass is 253 g/mol. The van der Waals surface area contributed by atoms with Gasteiger partial charge in [0.1, 0.15) is 17.4 Å². The van der Waals surface area contributed by atoms with E-state index in [2.05, 4.69) is 16.0 Å². The van der Waals surface area contributed by atoms with Crippen molar-refractivity contribution in [1.29, 1.82) is 5.26 Å². The summed E-state index contributed by atoms with van der Waals surface area (Å²) in [6, 6.07) is 15.1. The summed E-state index contributed by atoms with van der Waals surface area (Å²) in [6.45, 7) is 0. The van der Waals surface area contributed by atoms with Gasteiger partial charge in [-0.3, -0.25) is 0 Å². The zero-order chi connectivity index (χ0) is 12.5. The molecule has 1 heterocycles. The molecular weight excluding hydrogens is 246 g/mol. The summed E-state index contributed by atoms with van der Waals surface area (Å²) in [6.07, 6.45) is 0. The van der Waals surface area contributed by atoms with Crippen LogP contribution in [0.4, 0.5) is 0 Å². The molecule has 3 aromatic rings. The Hall–Kier alpha value is -2.31. The van der Waals surface area contributed by atoms with Crippen LogP contribution in [0.5, 0.6) is 0 Å². The van der Waals surface area contributed by atoms with E-state index in [1.807, 2.05) is 36.4 Å². The number of benzene rings is 2. The minimum atomic E-state index is 0.567. The van der Waals surface area contributed by atoms with Crippen LogP contribution in [0.3, 0.4) is 0 Å². The molecule has 0 aliphatic rings. The van der Waals surface area contributed by atoms with Crippen LogP contribution in [0.25, 0.3) is 22.4 Å². The molecule has 0 unspecified atom stereocenters. The van der Waals surface area contributed by atoms with Crippen LogP contribution in [-0.4, -0.2) is 9.97 Å². The Morgan fingerprint density at radius 2 is 2.00 bits per heavy atom. The fourth-order valence-electron chi connectivity index (χ4n) is 1.89. The third-order valence-corrected chi connectivity index (χ3v) is 2.97. The molecule has 18 heavy (non-hydrogen) atoms. The molecule has 86 valence electrons. The minimum Gasteiger partial charge on any atom is -0.338 e. The number of halogens is 1. The molecule has 3 rings (SSSR count). The van der Waals surface area contributed by atoms with Crippen molar-refractivity contribution in [2.75, 3.05) is 0 Å². The molecule has 0 saturated heterocycles. The number of hydrogen-bond donors (Lipinski definition) is 1. The van der Waals surface area contributed by atoms with Crippen LogP contribution in [0.15, 0.2) is 42.5 Å². The highest BCUT2D eigenvalue weighted by Crippen LogP contribution is 2.24. The van der Waals surface area contributed by atoms with Crippen LogP contribution in [0, 0.1) is 11.3 Å². The smallest absolute Gasteiger partial charge is 0.138 e. The summed E-state index contributed by atoms with van der Waals surface area (Å²) in [5, 5.41) is 9.70. The minimum absolute atomic E-state index is 0.567. The molecule has 0 spiro atoms. The number of aromatic amines is 1. The number of hydrogen-bond acceptors (Lipinski definition) is 2. The molecule has 3 nitrogen and oxygen atoms in total. The van der Waals surface area contributed by atoms with E-state index >= 15 is 0 Å². The molecule has 2 aromatic carbocycles. The predicted molar refractivity (Wildman–Crippen MR) is 71.3 cm³/mol. The SMILES string of the molecule is N#Cc1cccc2[nH]c(-c3cccc(Cl)c3)nc12. The Bertz CT molecular complexity index is 768. The van der Waals surface area contributed by atoms with E-state index < -0.39 is 0 Å². The van der Waals surface area contributed by atoms with Crippen molar-refractivity contribution in [2.24, 2.45) is 0 Å². The van der Waals surface area contributed by atoms with Gasteiger partial charge in [0.15, 0.2) is 0 Å². The maximum absolute atomic E-state index is 9.03. The lowest BCUT2D eigenvalue weighted by Gasteiger charge is -1.96. The van der Waals surface area contributed by atoms with Crippen LogP contribution in [0.2, 0.25) is 5.02 Å². The summed E-state index contributed by atoms with van der Waals surface area (Å²) in [5.74, 6) is 0.718. The number of aromatic nitrogens is 2. The van der Waals surface area contributed by atoms with E-state index in [0.717, 1.165) is 16.9 Å². The number of nitriles is 1. The largest absolute Gasteiger partial charge is 0.338 e. The molecule has 1 aromatic heterocycles. The molecule has 0 amide bonds. The number of imidazole rings is 1. The number of fused-ring (bicyclic) bond motifs is 1. The summed E-state index contributed by atoms with van der Waals surface area (Å²) in [4.78, 5) is 7.65. The molecule has 0 fully saturated rings. The lowest BCUT2D eigenvalue weighted by molar-refractivity contribution is 1.33. The van der Waals surface area contributed by atoms with Crippen LogP contribution in [-0.2, 0) is 0 Å². The normalized spacial score (nSPS) is 10.4. The predicted octanol–water partition coefficient (Wildman–Crippen LogP) is 3.75. The van der Waals surface area contributed by atoms with Gasteiger partial charge in [0.25, 0.3) is 0 Å². The highest BCUT2D eigenvalue weighted by atomic mass is 35.5. The summed E-state index contributed by atoms with van der Waals surface area (Å²) in [7, 11) is 0. The molecule has 1 N–H and O–H groups in total. The molecule has 0 saturated carbocycles. The second-order valence-corrected chi connectivity index (χ2v) is 4.35. The Morgan fingerprint density at radius 3 is 2.78 bits per heavy atom. The lowest BCUT2D eigenvalue weighted by Crippen LogP contribution is -1.79. The first-order chi connectivity index (χ1) is 8.78. The number of nitrogens with one attached hydrogen (secondary N) is 1. The molecular formula is C14H8ClN3. The van der Waals surface area contributed by atoms with Gasteiger partial charge in [-0.2, -0.15) is 5.26 Å². The third-order valence-electron chi connectivity index (χ3n) is 2.73. The molecule has 4 heteroatoms. The number of para-hydroxylation sites is 1. The van der Waals surface area contributed by atoms with Crippen molar-refractivity contribution in [3.63, 3.8) is 0 Å². The van der Waals surface area contributed by atoms with Crippen LogP contribution < -0.4 is 0 Å². The first-order valence-corrected chi connectivity index (χ1v) is 5.80. The van der Waals surface area contributed by atoms with Gasteiger partial charge in [0.2, 0.25) is 0 Å². The number of rotatable bonds is 1. The lowest BCUT2D eigenvalue weighted by atomic mass is 10.2. The van der Waals surface area contributed by atoms with E-state index in [9.17, 15) is 0 Å². The van der Waals surface area contributed by atoms with Gasteiger partial charge < -0.3 is 4.98 Å². The van der Waals surface area contributed by atoms with Gasteiger partial charge in [-0.15, -0.1) is 0 Å². The van der Waals surface area contributed by atoms with Gasteiger partial charge in [0.05, 0.1) is 11.1 Å². The van der Waals surface area contributed by atoms with E-state index in [1.54, 1.807) is 6.07 Å². The Kier molecular flexibility index (Phi) is 2.51. The van der Waals surface area contributed by atoms with E-state index in [-0.39, 0.29) is 0 Å². The van der Waals surface area contributed by atoms with Crippen molar-refractivity contribution in [3.05, 3.63) is 53.1 Å². The average molecular weight is 254 g/mol. The number of H-pyrrole nitrogens is 1. The zero-order valence-electron chi connectivity index (χ0n) is 9.31. The van der Waals surface area contributed by atoms with Crippen molar-refractivity contribution in [2.45, 2.75) is 0 Å². The van der Waals surface area contributed by atoms with Crippen LogP contribution in [0.1, 0.15) is 5.56 Å². The standard InChI is InChI=1S/C14H8ClN3/c15-11-5-1-3-9(7-11)14-17-12-6-2-4-10(8-16)13(12)18-14/h1-7H,(H,17,18). The third kappa shape index (κ3) is 1.73. The summed E-state index contributed by atoms with van der Waals surface area (Å²) >= 11 is 5.96. The highest BCUT2D eigenvalue weighted by molar-refractivity contribution is 6.30. The Morgan fingerprint density at radius 1 is 1.17 bits per heavy atom. The summed E-state index contributed by atoms with van der Waals surface area (Å²) < 4.78 is 0. The quantitative estimate of drug-likeness (QED) is 0.718. The maximum Gasteiger partial charge on any atom is 0.138 e. The van der Waals surface area contributed by atoms with E-state index in [1.165, 1.54) is 0 Å². The Labute approximate surface area is 109 Å². The fourth-order valence-corrected chi connectivity index (χ4v) is 2.09. The highest BCUT2D eigenvalue weighted by Gasteiger charge is 2.08. The van der Waals surface area contributed by atoms with E-state index in [0.29, 0.717) is 16.1 Å². The van der Waals surface area contributed by atoms with Crippen LogP contribution >= 0.6 is 11.6 Å². The molecule has 0 aliphatic heterocycles. The average Bonchev–Trinajstić information content (AvgIpc) is 2.82. The Balaban J connectivity index is 2.23.